The quantitative estimate of drug-likeness (QED) is 0.457. The summed E-state index contributed by atoms with van der Waals surface area (Å²) in [5.74, 6) is 1.31. The van der Waals surface area contributed by atoms with Crippen molar-refractivity contribution in [3.8, 4) is 5.75 Å². The number of fused-ring (bicyclic) bond motifs is 3. The monoisotopic (exact) mass is 414 g/mol. The van der Waals surface area contributed by atoms with Crippen LogP contribution in [0.15, 0.2) is 65.1 Å². The Balaban J connectivity index is 1.38. The largest absolute Gasteiger partial charge is 0.492 e. The van der Waals surface area contributed by atoms with E-state index in [0.29, 0.717) is 25.5 Å². The maximum absolute atomic E-state index is 13.3. The van der Waals surface area contributed by atoms with Gasteiger partial charge in [-0.1, -0.05) is 48.5 Å². The van der Waals surface area contributed by atoms with Crippen molar-refractivity contribution in [3.05, 3.63) is 72.0 Å². The number of hydrogen-bond donors (Lipinski definition) is 0. The number of ether oxygens (including phenoxy) is 1. The summed E-state index contributed by atoms with van der Waals surface area (Å²) in [5.41, 5.74) is 2.79. The molecule has 1 aromatic heterocycles. The summed E-state index contributed by atoms with van der Waals surface area (Å²) in [6.45, 7) is 7.42. The van der Waals surface area contributed by atoms with Crippen LogP contribution in [0.1, 0.15) is 23.0 Å². The number of benzene rings is 3. The summed E-state index contributed by atoms with van der Waals surface area (Å²) in [4.78, 5) is 17.5. The first-order valence-electron chi connectivity index (χ1n) is 10.8. The fourth-order valence-corrected chi connectivity index (χ4v) is 4.44. The van der Waals surface area contributed by atoms with Crippen LogP contribution in [0, 0.1) is 6.92 Å². The minimum Gasteiger partial charge on any atom is -0.492 e. The SMILES string of the molecule is CCOc1ccccc1N1CCN(C(=O)c2oc3c(ccc4ccccc43)c2C)CC1. The summed E-state index contributed by atoms with van der Waals surface area (Å²) < 4.78 is 11.9. The van der Waals surface area contributed by atoms with Crippen molar-refractivity contribution in [1.82, 2.24) is 4.90 Å². The van der Waals surface area contributed by atoms with Gasteiger partial charge in [0.05, 0.1) is 12.3 Å². The van der Waals surface area contributed by atoms with Gasteiger partial charge in [0.15, 0.2) is 5.76 Å². The second-order valence-electron chi connectivity index (χ2n) is 7.90. The Morgan fingerprint density at radius 3 is 2.48 bits per heavy atom. The van der Waals surface area contributed by atoms with E-state index >= 15 is 0 Å². The number of furan rings is 1. The van der Waals surface area contributed by atoms with Crippen molar-refractivity contribution in [2.24, 2.45) is 0 Å². The summed E-state index contributed by atoms with van der Waals surface area (Å²) in [5, 5.41) is 3.16. The number of anilines is 1. The predicted molar refractivity (Wildman–Crippen MR) is 124 cm³/mol. The van der Waals surface area contributed by atoms with Crippen LogP contribution < -0.4 is 9.64 Å². The molecular formula is C26H26N2O3. The van der Waals surface area contributed by atoms with E-state index in [1.54, 1.807) is 0 Å². The van der Waals surface area contributed by atoms with Gasteiger partial charge in [0, 0.05) is 42.5 Å². The molecule has 158 valence electrons. The Kier molecular flexibility index (Phi) is 5.02. The molecule has 0 spiro atoms. The minimum absolute atomic E-state index is 0.0319. The summed E-state index contributed by atoms with van der Waals surface area (Å²) in [6, 6.07) is 20.4. The lowest BCUT2D eigenvalue weighted by Crippen LogP contribution is -2.49. The van der Waals surface area contributed by atoms with E-state index in [1.165, 1.54) is 0 Å². The van der Waals surface area contributed by atoms with Gasteiger partial charge < -0.3 is 19.0 Å². The van der Waals surface area contributed by atoms with Gasteiger partial charge in [-0.25, -0.2) is 0 Å². The molecule has 1 aliphatic rings. The third-order valence-corrected chi connectivity index (χ3v) is 6.10. The molecule has 1 aliphatic heterocycles. The lowest BCUT2D eigenvalue weighted by molar-refractivity contribution is 0.0716. The molecule has 0 saturated carbocycles. The molecule has 5 nitrogen and oxygen atoms in total. The predicted octanol–water partition coefficient (Wildman–Crippen LogP) is 5.26. The number of carbonyl (C=O) groups excluding carboxylic acids is 1. The molecule has 1 fully saturated rings. The van der Waals surface area contributed by atoms with E-state index in [4.69, 9.17) is 9.15 Å². The number of nitrogens with zero attached hydrogens (tertiary/aromatic N) is 2. The number of piperazine rings is 1. The van der Waals surface area contributed by atoms with Gasteiger partial charge in [-0.3, -0.25) is 4.79 Å². The van der Waals surface area contributed by atoms with Gasteiger partial charge in [-0.05, 0) is 31.4 Å². The molecule has 2 heterocycles. The highest BCUT2D eigenvalue weighted by molar-refractivity contribution is 6.08. The minimum atomic E-state index is -0.0319. The van der Waals surface area contributed by atoms with Crippen LogP contribution in [0.3, 0.4) is 0 Å². The lowest BCUT2D eigenvalue weighted by atomic mass is 10.1. The zero-order valence-electron chi connectivity index (χ0n) is 17.9. The zero-order chi connectivity index (χ0) is 21.4. The van der Waals surface area contributed by atoms with Gasteiger partial charge in [0.1, 0.15) is 11.3 Å². The third-order valence-electron chi connectivity index (χ3n) is 6.10. The van der Waals surface area contributed by atoms with Crippen LogP contribution in [0.4, 0.5) is 5.69 Å². The molecule has 1 amide bonds. The molecule has 1 saturated heterocycles. The average molecular weight is 415 g/mol. The number of carbonyl (C=O) groups is 1. The number of rotatable bonds is 4. The molecule has 0 radical (unpaired) electrons. The number of para-hydroxylation sites is 2. The standard InChI is InChI=1S/C26H26N2O3/c1-3-30-23-11-7-6-10-22(23)27-14-16-28(17-15-27)26(29)24-18(2)20-13-12-19-8-4-5-9-21(19)25(20)31-24/h4-13H,3,14-17H2,1-2H3. The van der Waals surface area contributed by atoms with Gasteiger partial charge in [-0.2, -0.15) is 0 Å². The second-order valence-corrected chi connectivity index (χ2v) is 7.90. The van der Waals surface area contributed by atoms with Crippen LogP contribution in [-0.2, 0) is 0 Å². The average Bonchev–Trinajstić information content (AvgIpc) is 3.16. The normalized spacial score (nSPS) is 14.4. The molecular weight excluding hydrogens is 388 g/mol. The maximum Gasteiger partial charge on any atom is 0.290 e. The van der Waals surface area contributed by atoms with E-state index in [9.17, 15) is 4.79 Å². The zero-order valence-corrected chi connectivity index (χ0v) is 17.9. The fourth-order valence-electron chi connectivity index (χ4n) is 4.44. The molecule has 5 heteroatoms. The Labute approximate surface area is 181 Å². The lowest BCUT2D eigenvalue weighted by Gasteiger charge is -2.36. The Hall–Kier alpha value is -3.47. The van der Waals surface area contributed by atoms with Gasteiger partial charge in [0.25, 0.3) is 5.91 Å². The molecule has 31 heavy (non-hydrogen) atoms. The Bertz CT molecular complexity index is 1250. The Morgan fingerprint density at radius 2 is 1.68 bits per heavy atom. The third kappa shape index (κ3) is 3.40. The van der Waals surface area contributed by atoms with Crippen molar-refractivity contribution in [2.45, 2.75) is 13.8 Å². The van der Waals surface area contributed by atoms with Crippen molar-refractivity contribution < 1.29 is 13.9 Å². The van der Waals surface area contributed by atoms with Crippen LogP contribution in [0.2, 0.25) is 0 Å². The topological polar surface area (TPSA) is 45.9 Å². The van der Waals surface area contributed by atoms with E-state index in [2.05, 4.69) is 29.2 Å². The van der Waals surface area contributed by atoms with E-state index < -0.39 is 0 Å². The van der Waals surface area contributed by atoms with E-state index in [0.717, 1.165) is 51.8 Å². The van der Waals surface area contributed by atoms with Gasteiger partial charge in [-0.15, -0.1) is 0 Å². The van der Waals surface area contributed by atoms with Crippen LogP contribution >= 0.6 is 0 Å². The summed E-state index contributed by atoms with van der Waals surface area (Å²) in [7, 11) is 0. The number of aryl methyl sites for hydroxylation is 1. The highest BCUT2D eigenvalue weighted by Gasteiger charge is 2.28. The highest BCUT2D eigenvalue weighted by Crippen LogP contribution is 2.33. The molecule has 5 rings (SSSR count). The maximum atomic E-state index is 13.3. The first-order chi connectivity index (χ1) is 15.2. The van der Waals surface area contributed by atoms with Crippen molar-refractivity contribution in [3.63, 3.8) is 0 Å². The van der Waals surface area contributed by atoms with E-state index in [1.807, 2.05) is 55.1 Å². The fraction of sp³-hybridized carbons (Fsp3) is 0.269. The first-order valence-corrected chi connectivity index (χ1v) is 10.8. The van der Waals surface area contributed by atoms with Crippen molar-refractivity contribution in [1.29, 1.82) is 0 Å². The molecule has 3 aromatic carbocycles. The van der Waals surface area contributed by atoms with Crippen LogP contribution in [0.25, 0.3) is 21.7 Å². The summed E-state index contributed by atoms with van der Waals surface area (Å²) in [6.07, 6.45) is 0. The van der Waals surface area contributed by atoms with Crippen LogP contribution in [-0.4, -0.2) is 43.6 Å². The van der Waals surface area contributed by atoms with Gasteiger partial charge >= 0.3 is 0 Å². The Morgan fingerprint density at radius 1 is 0.935 bits per heavy atom. The number of hydrogen-bond acceptors (Lipinski definition) is 4. The summed E-state index contributed by atoms with van der Waals surface area (Å²) >= 11 is 0. The number of amides is 1. The molecule has 0 atom stereocenters. The molecule has 0 N–H and O–H groups in total. The smallest absolute Gasteiger partial charge is 0.290 e. The second kappa shape index (κ2) is 7.99. The molecule has 0 bridgehead atoms. The van der Waals surface area contributed by atoms with Crippen molar-refractivity contribution in [2.75, 3.05) is 37.7 Å². The van der Waals surface area contributed by atoms with E-state index in [-0.39, 0.29) is 5.91 Å². The highest BCUT2D eigenvalue weighted by atomic mass is 16.5. The molecule has 0 unspecified atom stereocenters. The molecule has 4 aromatic rings. The van der Waals surface area contributed by atoms with Crippen molar-refractivity contribution >= 4 is 33.3 Å². The van der Waals surface area contributed by atoms with Crippen LogP contribution in [0.5, 0.6) is 5.75 Å². The first kappa shape index (κ1) is 19.5. The molecule has 0 aliphatic carbocycles. The van der Waals surface area contributed by atoms with Gasteiger partial charge in [0.2, 0.25) is 0 Å².